The first kappa shape index (κ1) is 51.5. The maximum Gasteiger partial charge on any atom is 0.306 e. The molecular formula is C44H82N2O8. The van der Waals surface area contributed by atoms with Crippen LogP contribution in [0.15, 0.2) is 5.18 Å². The quantitative estimate of drug-likeness (QED) is 0.0354. The number of carboxylic acids is 1. The third kappa shape index (κ3) is 36.5. The smallest absolute Gasteiger partial charge is 0.306 e. The minimum absolute atomic E-state index is 0.172. The summed E-state index contributed by atoms with van der Waals surface area (Å²) in [5.41, 5.74) is 0. The number of hydrogen-bond donors (Lipinski definition) is 2. The number of rotatable bonds is 42. The Labute approximate surface area is 329 Å². The van der Waals surface area contributed by atoms with E-state index in [4.69, 9.17) is 14.6 Å². The first-order valence-corrected chi connectivity index (χ1v) is 22.5. The van der Waals surface area contributed by atoms with Crippen LogP contribution in [0.3, 0.4) is 0 Å². The first-order chi connectivity index (χ1) is 26.3. The average molecular weight is 767 g/mol. The molecule has 0 saturated carbocycles. The first-order valence-electron chi connectivity index (χ1n) is 22.5. The maximum atomic E-state index is 12.7. The van der Waals surface area contributed by atoms with Crippen molar-refractivity contribution >= 4 is 23.8 Å². The van der Waals surface area contributed by atoms with Gasteiger partial charge in [0.2, 0.25) is 5.91 Å². The molecule has 0 aliphatic heterocycles. The Morgan fingerprint density at radius 1 is 0.519 bits per heavy atom. The summed E-state index contributed by atoms with van der Waals surface area (Å²) in [6.07, 6.45) is 36.0. The lowest BCUT2D eigenvalue weighted by molar-refractivity contribution is -0.159. The lowest BCUT2D eigenvalue weighted by Gasteiger charge is -2.19. The van der Waals surface area contributed by atoms with Crippen LogP contribution in [0.5, 0.6) is 0 Å². The van der Waals surface area contributed by atoms with Gasteiger partial charge in [0.1, 0.15) is 6.61 Å². The highest BCUT2D eigenvalue weighted by atomic mass is 16.6. The number of aliphatic carboxylic acids is 1. The van der Waals surface area contributed by atoms with Crippen molar-refractivity contribution in [2.45, 2.75) is 244 Å². The number of amides is 1. The maximum absolute atomic E-state index is 12.7. The summed E-state index contributed by atoms with van der Waals surface area (Å²) >= 11 is 0. The molecule has 0 radical (unpaired) electrons. The van der Waals surface area contributed by atoms with Crippen molar-refractivity contribution in [3.63, 3.8) is 0 Å². The summed E-state index contributed by atoms with van der Waals surface area (Å²) in [5.74, 6) is -2.70. The van der Waals surface area contributed by atoms with Crippen molar-refractivity contribution in [2.24, 2.45) is 5.18 Å². The Hall–Kier alpha value is -2.52. The van der Waals surface area contributed by atoms with Crippen LogP contribution in [0.2, 0.25) is 0 Å². The Bertz CT molecular complexity index is 915. The van der Waals surface area contributed by atoms with E-state index in [2.05, 4.69) is 24.3 Å². The molecular weight excluding hydrogens is 684 g/mol. The fourth-order valence-corrected chi connectivity index (χ4v) is 6.74. The van der Waals surface area contributed by atoms with Crippen molar-refractivity contribution in [2.75, 3.05) is 13.2 Å². The standard InChI is InChI=1S/C44H82N2O8/c1-3-5-7-9-11-13-15-17-19-21-23-25-27-29-31-33-42(49)53-38-39(37-45-44(51)40(46-52)35-36-41(47)48)54-43(50)34-32-30-28-26-24-22-20-18-16-14-12-10-8-6-4-2/h39-40H,3-38H2,1-2H3,(H,45,51)(H,47,48). The highest BCUT2D eigenvalue weighted by Crippen LogP contribution is 2.16. The van der Waals surface area contributed by atoms with Gasteiger partial charge in [0.15, 0.2) is 12.1 Å². The van der Waals surface area contributed by atoms with E-state index in [1.54, 1.807) is 0 Å². The van der Waals surface area contributed by atoms with Crippen molar-refractivity contribution < 1.29 is 33.8 Å². The van der Waals surface area contributed by atoms with E-state index in [0.29, 0.717) is 6.42 Å². The van der Waals surface area contributed by atoms with Gasteiger partial charge >= 0.3 is 17.9 Å². The van der Waals surface area contributed by atoms with E-state index in [0.717, 1.165) is 38.5 Å². The summed E-state index contributed by atoms with van der Waals surface area (Å²) in [6.45, 7) is 4.12. The zero-order valence-electron chi connectivity index (χ0n) is 34.9. The Kier molecular flexibility index (Phi) is 38.3. The third-order valence-corrected chi connectivity index (χ3v) is 10.3. The Morgan fingerprint density at radius 2 is 0.870 bits per heavy atom. The molecule has 0 fully saturated rings. The fourth-order valence-electron chi connectivity index (χ4n) is 6.74. The van der Waals surface area contributed by atoms with Crippen LogP contribution < -0.4 is 5.32 Å². The molecule has 2 atom stereocenters. The predicted molar refractivity (Wildman–Crippen MR) is 219 cm³/mol. The number of carbonyl (C=O) groups excluding carboxylic acids is 3. The van der Waals surface area contributed by atoms with Crippen LogP contribution in [-0.4, -0.2) is 54.2 Å². The van der Waals surface area contributed by atoms with E-state index in [9.17, 15) is 24.1 Å². The Morgan fingerprint density at radius 3 is 1.22 bits per heavy atom. The lowest BCUT2D eigenvalue weighted by Crippen LogP contribution is -2.42. The SMILES string of the molecule is CCCCCCCCCCCCCCCCCC(=O)OCC(CNC(=O)C(CCC(=O)O)N=O)OC(=O)CCCCCCCCCCCCCCCCC. The minimum atomic E-state index is -1.37. The molecule has 0 spiro atoms. The van der Waals surface area contributed by atoms with E-state index < -0.39 is 30.0 Å². The van der Waals surface area contributed by atoms with Gasteiger partial charge in [0.05, 0.1) is 6.54 Å². The molecule has 0 aromatic carbocycles. The van der Waals surface area contributed by atoms with Crippen LogP contribution in [0.1, 0.15) is 232 Å². The molecule has 2 N–H and O–H groups in total. The van der Waals surface area contributed by atoms with Gasteiger partial charge in [-0.2, -0.15) is 0 Å². The molecule has 1 amide bonds. The van der Waals surface area contributed by atoms with Gasteiger partial charge in [-0.1, -0.05) is 199 Å². The molecule has 0 aromatic rings. The van der Waals surface area contributed by atoms with Crippen molar-refractivity contribution in [3.05, 3.63) is 4.91 Å². The van der Waals surface area contributed by atoms with Gasteiger partial charge in [0, 0.05) is 19.3 Å². The zero-order valence-corrected chi connectivity index (χ0v) is 34.9. The number of esters is 2. The number of nitrogens with one attached hydrogen (secondary N) is 1. The van der Waals surface area contributed by atoms with Crippen LogP contribution in [0.25, 0.3) is 0 Å². The molecule has 10 heteroatoms. The number of nitrogens with zero attached hydrogens (tertiary/aromatic N) is 1. The van der Waals surface area contributed by atoms with E-state index in [1.165, 1.54) is 148 Å². The second-order valence-electron chi connectivity index (χ2n) is 15.5. The number of carboxylic acid groups (broad SMARTS) is 1. The number of ether oxygens (including phenoxy) is 2. The lowest BCUT2D eigenvalue weighted by atomic mass is 10.0. The van der Waals surface area contributed by atoms with Gasteiger partial charge in [-0.25, -0.2) is 0 Å². The third-order valence-electron chi connectivity index (χ3n) is 10.3. The molecule has 10 nitrogen and oxygen atoms in total. The van der Waals surface area contributed by atoms with Crippen LogP contribution in [0.4, 0.5) is 0 Å². The monoisotopic (exact) mass is 767 g/mol. The molecule has 0 rings (SSSR count). The Balaban J connectivity index is 4.31. The molecule has 0 aliphatic carbocycles. The van der Waals surface area contributed by atoms with Crippen LogP contribution in [0, 0.1) is 4.91 Å². The molecule has 0 aromatic heterocycles. The number of nitroso groups, excluding NO2 is 1. The van der Waals surface area contributed by atoms with Crippen molar-refractivity contribution in [1.29, 1.82) is 0 Å². The van der Waals surface area contributed by atoms with Crippen molar-refractivity contribution in [1.82, 2.24) is 5.32 Å². The van der Waals surface area contributed by atoms with Gasteiger partial charge in [-0.15, -0.1) is 4.91 Å². The second kappa shape index (κ2) is 40.2. The number of carbonyl (C=O) groups is 4. The normalized spacial score (nSPS) is 12.3. The molecule has 0 heterocycles. The summed E-state index contributed by atoms with van der Waals surface area (Å²) < 4.78 is 11.0. The van der Waals surface area contributed by atoms with Gasteiger partial charge < -0.3 is 19.9 Å². The molecule has 0 saturated heterocycles. The van der Waals surface area contributed by atoms with Gasteiger partial charge in [0.25, 0.3) is 0 Å². The highest BCUT2D eigenvalue weighted by Gasteiger charge is 2.23. The highest BCUT2D eigenvalue weighted by molar-refractivity contribution is 5.82. The van der Waals surface area contributed by atoms with Crippen molar-refractivity contribution in [3.8, 4) is 0 Å². The number of hydrogen-bond acceptors (Lipinski definition) is 8. The molecule has 2 unspecified atom stereocenters. The summed E-state index contributed by atoms with van der Waals surface area (Å²) in [4.78, 5) is 59.6. The number of unbranched alkanes of at least 4 members (excludes halogenated alkanes) is 28. The molecule has 54 heavy (non-hydrogen) atoms. The second-order valence-corrected chi connectivity index (χ2v) is 15.5. The van der Waals surface area contributed by atoms with Gasteiger partial charge in [-0.3, -0.25) is 19.2 Å². The van der Waals surface area contributed by atoms with Crippen LogP contribution in [-0.2, 0) is 28.7 Å². The predicted octanol–water partition coefficient (Wildman–Crippen LogP) is 12.1. The summed E-state index contributed by atoms with van der Waals surface area (Å²) in [5, 5.41) is 14.1. The van der Waals surface area contributed by atoms with E-state index >= 15 is 0 Å². The minimum Gasteiger partial charge on any atom is -0.481 e. The topological polar surface area (TPSA) is 148 Å². The van der Waals surface area contributed by atoms with Crippen LogP contribution >= 0.6 is 0 Å². The summed E-state index contributed by atoms with van der Waals surface area (Å²) in [6, 6.07) is -1.37. The largest absolute Gasteiger partial charge is 0.481 e. The van der Waals surface area contributed by atoms with E-state index in [-0.39, 0.29) is 44.8 Å². The zero-order chi connectivity index (χ0) is 39.7. The van der Waals surface area contributed by atoms with Gasteiger partial charge in [-0.05, 0) is 19.3 Å². The molecule has 0 bridgehead atoms. The average Bonchev–Trinajstić information content (AvgIpc) is 3.15. The molecule has 0 aliphatic rings. The fraction of sp³-hybridized carbons (Fsp3) is 0.909. The molecule has 316 valence electrons. The van der Waals surface area contributed by atoms with E-state index in [1.807, 2.05) is 0 Å². The summed E-state index contributed by atoms with van der Waals surface area (Å²) in [7, 11) is 0.